The van der Waals surface area contributed by atoms with Gasteiger partial charge in [-0.1, -0.05) is 30.3 Å². The number of anilines is 1. The van der Waals surface area contributed by atoms with Crippen LogP contribution in [0.15, 0.2) is 79.1 Å². The predicted molar refractivity (Wildman–Crippen MR) is 119 cm³/mol. The first-order valence-corrected chi connectivity index (χ1v) is 9.69. The van der Waals surface area contributed by atoms with Gasteiger partial charge in [0.25, 0.3) is 11.8 Å². The van der Waals surface area contributed by atoms with Crippen molar-refractivity contribution in [3.05, 3.63) is 90.3 Å². The van der Waals surface area contributed by atoms with E-state index in [-0.39, 0.29) is 16.8 Å². The monoisotopic (exact) mass is 426 g/mol. The average Bonchev–Trinajstić information content (AvgIpc) is 2.82. The van der Waals surface area contributed by atoms with Crippen LogP contribution in [0.1, 0.15) is 20.7 Å². The maximum absolute atomic E-state index is 12.9. The number of rotatable bonds is 6. The Labute approximate surface area is 183 Å². The molecule has 2 aromatic heterocycles. The van der Waals surface area contributed by atoms with E-state index in [1.165, 1.54) is 12.1 Å². The Morgan fingerprint density at radius 1 is 0.938 bits per heavy atom. The van der Waals surface area contributed by atoms with Gasteiger partial charge in [-0.3, -0.25) is 14.6 Å². The number of hydrogen-bond acceptors (Lipinski definition) is 6. The van der Waals surface area contributed by atoms with Gasteiger partial charge in [-0.2, -0.15) is 0 Å². The Morgan fingerprint density at radius 2 is 1.72 bits per heavy atom. The molecule has 0 aliphatic heterocycles. The van der Waals surface area contributed by atoms with Gasteiger partial charge in [0, 0.05) is 23.3 Å². The van der Waals surface area contributed by atoms with Gasteiger partial charge in [0.2, 0.25) is 0 Å². The van der Waals surface area contributed by atoms with Crippen LogP contribution in [0.5, 0.6) is 0 Å². The van der Waals surface area contributed by atoms with Crippen molar-refractivity contribution in [2.75, 3.05) is 11.9 Å². The second-order valence-corrected chi connectivity index (χ2v) is 6.85. The largest absolute Gasteiger partial charge is 0.452 e. The molecule has 8 heteroatoms. The standard InChI is InChI=1S/C24H18N4O4/c25-23(30)17-8-2-4-10-20(17)28-22(29)14-32-24(31)18-12-21(15-6-5-11-26-13-15)27-19-9-3-1-7-16(18)19/h1-13H,14H2,(H2,25,30)(H,28,29). The van der Waals surface area contributed by atoms with E-state index in [1.807, 2.05) is 12.1 Å². The molecule has 8 nitrogen and oxygen atoms in total. The van der Waals surface area contributed by atoms with E-state index in [0.29, 0.717) is 16.6 Å². The predicted octanol–water partition coefficient (Wildman–Crippen LogP) is 3.19. The Morgan fingerprint density at radius 3 is 2.50 bits per heavy atom. The molecule has 0 fully saturated rings. The van der Waals surface area contributed by atoms with Crippen molar-refractivity contribution in [1.29, 1.82) is 0 Å². The van der Waals surface area contributed by atoms with Crippen LogP contribution >= 0.6 is 0 Å². The molecule has 2 aromatic carbocycles. The van der Waals surface area contributed by atoms with Crippen LogP contribution in [-0.4, -0.2) is 34.4 Å². The SMILES string of the molecule is NC(=O)c1ccccc1NC(=O)COC(=O)c1cc(-c2cccnc2)nc2ccccc12. The van der Waals surface area contributed by atoms with Crippen molar-refractivity contribution in [3.8, 4) is 11.3 Å². The van der Waals surface area contributed by atoms with Crippen LogP contribution < -0.4 is 11.1 Å². The number of para-hydroxylation sites is 2. The Balaban J connectivity index is 1.55. The summed E-state index contributed by atoms with van der Waals surface area (Å²) in [5.74, 6) is -1.95. The molecule has 0 aliphatic carbocycles. The first kappa shape index (κ1) is 20.7. The highest BCUT2D eigenvalue weighted by Gasteiger charge is 2.17. The van der Waals surface area contributed by atoms with Crippen molar-refractivity contribution < 1.29 is 19.1 Å². The summed E-state index contributed by atoms with van der Waals surface area (Å²) in [6, 6.07) is 18.7. The number of carbonyl (C=O) groups is 3. The zero-order chi connectivity index (χ0) is 22.5. The fourth-order valence-electron chi connectivity index (χ4n) is 3.21. The van der Waals surface area contributed by atoms with E-state index >= 15 is 0 Å². The average molecular weight is 426 g/mol. The minimum Gasteiger partial charge on any atom is -0.452 e. The molecule has 2 heterocycles. The van der Waals surface area contributed by atoms with Crippen molar-refractivity contribution >= 4 is 34.4 Å². The van der Waals surface area contributed by atoms with Gasteiger partial charge >= 0.3 is 5.97 Å². The lowest BCUT2D eigenvalue weighted by Gasteiger charge is -2.11. The minimum atomic E-state index is -0.677. The summed E-state index contributed by atoms with van der Waals surface area (Å²) in [6.07, 6.45) is 3.30. The number of aromatic nitrogens is 2. The third kappa shape index (κ3) is 4.44. The number of nitrogens with zero attached hydrogens (tertiary/aromatic N) is 2. The van der Waals surface area contributed by atoms with Crippen LogP contribution in [0.3, 0.4) is 0 Å². The molecular weight excluding hydrogens is 408 g/mol. The summed E-state index contributed by atoms with van der Waals surface area (Å²) in [5, 5.41) is 3.14. The Bertz CT molecular complexity index is 1320. The molecule has 0 unspecified atom stereocenters. The van der Waals surface area contributed by atoms with E-state index in [1.54, 1.807) is 54.9 Å². The lowest BCUT2D eigenvalue weighted by Crippen LogP contribution is -2.23. The highest BCUT2D eigenvalue weighted by molar-refractivity contribution is 6.06. The number of amides is 2. The van der Waals surface area contributed by atoms with E-state index in [9.17, 15) is 14.4 Å². The molecule has 0 saturated heterocycles. The lowest BCUT2D eigenvalue weighted by atomic mass is 10.1. The van der Waals surface area contributed by atoms with E-state index in [4.69, 9.17) is 10.5 Å². The fourth-order valence-corrected chi connectivity index (χ4v) is 3.21. The van der Waals surface area contributed by atoms with Gasteiger partial charge in [0.15, 0.2) is 6.61 Å². The lowest BCUT2D eigenvalue weighted by molar-refractivity contribution is -0.119. The number of fused-ring (bicyclic) bond motifs is 1. The number of nitrogens with two attached hydrogens (primary N) is 1. The van der Waals surface area contributed by atoms with Crippen molar-refractivity contribution in [3.63, 3.8) is 0 Å². The summed E-state index contributed by atoms with van der Waals surface area (Å²) < 4.78 is 5.25. The van der Waals surface area contributed by atoms with Crippen LogP contribution in [0.25, 0.3) is 22.2 Å². The quantitative estimate of drug-likeness (QED) is 0.456. The molecule has 0 atom stereocenters. The Kier molecular flexibility index (Phi) is 5.85. The van der Waals surface area contributed by atoms with Crippen LogP contribution in [0.4, 0.5) is 5.69 Å². The van der Waals surface area contributed by atoms with Gasteiger partial charge in [-0.25, -0.2) is 9.78 Å². The van der Waals surface area contributed by atoms with Gasteiger partial charge < -0.3 is 15.8 Å². The molecular formula is C24H18N4O4. The van der Waals surface area contributed by atoms with Gasteiger partial charge in [0.1, 0.15) is 0 Å². The molecule has 4 rings (SSSR count). The number of nitrogens with one attached hydrogen (secondary N) is 1. The second kappa shape index (κ2) is 9.05. The topological polar surface area (TPSA) is 124 Å². The number of carbonyl (C=O) groups excluding carboxylic acids is 3. The molecule has 0 radical (unpaired) electrons. The van der Waals surface area contributed by atoms with Crippen LogP contribution in [-0.2, 0) is 9.53 Å². The molecule has 0 saturated carbocycles. The fraction of sp³-hybridized carbons (Fsp3) is 0.0417. The third-order valence-electron chi connectivity index (χ3n) is 4.69. The summed E-state index contributed by atoms with van der Waals surface area (Å²) in [5.41, 5.74) is 7.91. The number of ether oxygens (including phenoxy) is 1. The smallest absolute Gasteiger partial charge is 0.339 e. The van der Waals surface area contributed by atoms with Crippen molar-refractivity contribution in [2.24, 2.45) is 5.73 Å². The molecule has 4 aromatic rings. The maximum atomic E-state index is 12.9. The van der Waals surface area contributed by atoms with Gasteiger partial charge in [0.05, 0.1) is 28.0 Å². The van der Waals surface area contributed by atoms with Crippen molar-refractivity contribution in [2.45, 2.75) is 0 Å². The number of pyridine rings is 2. The third-order valence-corrected chi connectivity index (χ3v) is 4.69. The summed E-state index contributed by atoms with van der Waals surface area (Å²) in [4.78, 5) is 45.4. The highest BCUT2D eigenvalue weighted by Crippen LogP contribution is 2.25. The highest BCUT2D eigenvalue weighted by atomic mass is 16.5. The molecule has 32 heavy (non-hydrogen) atoms. The number of esters is 1. The molecule has 3 N–H and O–H groups in total. The molecule has 0 spiro atoms. The normalized spacial score (nSPS) is 10.5. The molecule has 0 aliphatic rings. The zero-order valence-corrected chi connectivity index (χ0v) is 16.8. The van der Waals surface area contributed by atoms with E-state index in [0.717, 1.165) is 5.56 Å². The zero-order valence-electron chi connectivity index (χ0n) is 16.8. The first-order valence-electron chi connectivity index (χ1n) is 9.69. The summed E-state index contributed by atoms with van der Waals surface area (Å²) in [7, 11) is 0. The van der Waals surface area contributed by atoms with Gasteiger partial charge in [-0.15, -0.1) is 0 Å². The minimum absolute atomic E-state index is 0.161. The van der Waals surface area contributed by atoms with Crippen molar-refractivity contribution in [1.82, 2.24) is 9.97 Å². The van der Waals surface area contributed by atoms with Gasteiger partial charge in [-0.05, 0) is 36.4 Å². The molecule has 0 bridgehead atoms. The number of benzene rings is 2. The Hall–Kier alpha value is -4.59. The van der Waals surface area contributed by atoms with E-state index in [2.05, 4.69) is 15.3 Å². The summed E-state index contributed by atoms with van der Waals surface area (Å²) in [6.45, 7) is -0.537. The second-order valence-electron chi connectivity index (χ2n) is 6.85. The number of hydrogen-bond donors (Lipinski definition) is 2. The first-order chi connectivity index (χ1) is 15.5. The van der Waals surface area contributed by atoms with Crippen LogP contribution in [0.2, 0.25) is 0 Å². The number of primary amides is 1. The summed E-state index contributed by atoms with van der Waals surface area (Å²) >= 11 is 0. The molecule has 158 valence electrons. The maximum Gasteiger partial charge on any atom is 0.339 e. The van der Waals surface area contributed by atoms with Crippen LogP contribution in [0, 0.1) is 0 Å². The molecule has 2 amide bonds. The van der Waals surface area contributed by atoms with E-state index < -0.39 is 24.4 Å².